The minimum absolute atomic E-state index is 0.450. The highest BCUT2D eigenvalue weighted by atomic mass is 31.1. The van der Waals surface area contributed by atoms with Crippen molar-refractivity contribution in [3.8, 4) is 0 Å². The van der Waals surface area contributed by atoms with Gasteiger partial charge in [-0.1, -0.05) is 63.4 Å². The molecule has 2 aromatic rings. The number of hydrogen-bond acceptors (Lipinski definition) is 1. The molecule has 1 unspecified atom stereocenters. The summed E-state index contributed by atoms with van der Waals surface area (Å²) < 4.78 is 0. The fourth-order valence-corrected chi connectivity index (χ4v) is 4.30. The fourth-order valence-electron chi connectivity index (χ4n) is 2.10. The average Bonchev–Trinajstić information content (AvgIpc) is 2.46. The van der Waals surface area contributed by atoms with E-state index in [0.717, 1.165) is 17.6 Å². The van der Waals surface area contributed by atoms with Crippen molar-refractivity contribution in [3.05, 3.63) is 65.7 Å². The Bertz CT molecular complexity index is 552. The SMILES string of the molecule is CCP(Cc1ccccc1)c1ccccc1C(=O)O. The summed E-state index contributed by atoms with van der Waals surface area (Å²) in [6, 6.07) is 17.7. The van der Waals surface area contributed by atoms with Crippen LogP contribution in [0.5, 0.6) is 0 Å². The molecule has 0 fully saturated rings. The molecule has 0 spiro atoms. The highest BCUT2D eigenvalue weighted by molar-refractivity contribution is 7.65. The van der Waals surface area contributed by atoms with Crippen LogP contribution >= 0.6 is 7.92 Å². The zero-order valence-electron chi connectivity index (χ0n) is 10.9. The van der Waals surface area contributed by atoms with E-state index in [-0.39, 0.29) is 0 Å². The molecule has 0 radical (unpaired) electrons. The number of hydrogen-bond donors (Lipinski definition) is 1. The van der Waals surface area contributed by atoms with Crippen molar-refractivity contribution >= 4 is 19.2 Å². The van der Waals surface area contributed by atoms with Gasteiger partial charge in [-0.2, -0.15) is 0 Å². The van der Waals surface area contributed by atoms with Gasteiger partial charge in [-0.15, -0.1) is 0 Å². The molecule has 2 aromatic carbocycles. The smallest absolute Gasteiger partial charge is 0.336 e. The molecule has 0 aliphatic heterocycles. The Morgan fingerprint density at radius 2 is 1.68 bits per heavy atom. The molecule has 0 heterocycles. The molecular formula is C16H17O2P. The summed E-state index contributed by atoms with van der Waals surface area (Å²) in [5.41, 5.74) is 1.72. The van der Waals surface area contributed by atoms with Crippen LogP contribution in [0.25, 0.3) is 0 Å². The lowest BCUT2D eigenvalue weighted by Crippen LogP contribution is -2.15. The summed E-state index contributed by atoms with van der Waals surface area (Å²) in [4.78, 5) is 11.3. The maximum Gasteiger partial charge on any atom is 0.336 e. The standard InChI is InChI=1S/C16H17O2P/c1-2-19(12-13-8-4-3-5-9-13)15-11-7-6-10-14(15)16(17)18/h3-11H,2,12H2,1H3,(H,17,18). The molecule has 98 valence electrons. The minimum atomic E-state index is -0.829. The van der Waals surface area contributed by atoms with Crippen molar-refractivity contribution in [3.63, 3.8) is 0 Å². The zero-order chi connectivity index (χ0) is 13.7. The summed E-state index contributed by atoms with van der Waals surface area (Å²) >= 11 is 0. The van der Waals surface area contributed by atoms with Gasteiger partial charge in [0.15, 0.2) is 0 Å². The quantitative estimate of drug-likeness (QED) is 0.842. The molecule has 0 aliphatic carbocycles. The van der Waals surface area contributed by atoms with Crippen LogP contribution in [0, 0.1) is 0 Å². The second kappa shape index (κ2) is 6.49. The van der Waals surface area contributed by atoms with Crippen LogP contribution in [0.2, 0.25) is 0 Å². The Morgan fingerprint density at radius 1 is 1.05 bits per heavy atom. The van der Waals surface area contributed by atoms with Gasteiger partial charge in [0, 0.05) is 0 Å². The van der Waals surface area contributed by atoms with Crippen LogP contribution in [0.15, 0.2) is 54.6 Å². The van der Waals surface area contributed by atoms with E-state index in [4.69, 9.17) is 0 Å². The molecule has 1 atom stereocenters. The molecule has 1 N–H and O–H groups in total. The molecule has 2 rings (SSSR count). The van der Waals surface area contributed by atoms with Crippen LogP contribution in [0.1, 0.15) is 22.8 Å². The summed E-state index contributed by atoms with van der Waals surface area (Å²) in [7, 11) is -0.464. The van der Waals surface area contributed by atoms with Gasteiger partial charge < -0.3 is 5.11 Å². The Morgan fingerprint density at radius 3 is 2.32 bits per heavy atom. The second-order valence-electron chi connectivity index (χ2n) is 4.32. The third-order valence-electron chi connectivity index (χ3n) is 3.07. The van der Waals surface area contributed by atoms with Crippen LogP contribution in [0.3, 0.4) is 0 Å². The van der Waals surface area contributed by atoms with Gasteiger partial charge in [-0.3, -0.25) is 0 Å². The van der Waals surface area contributed by atoms with Crippen LogP contribution in [-0.4, -0.2) is 17.2 Å². The Labute approximate surface area is 114 Å². The lowest BCUT2D eigenvalue weighted by atomic mass is 10.2. The summed E-state index contributed by atoms with van der Waals surface area (Å²) in [5, 5.41) is 10.3. The summed E-state index contributed by atoms with van der Waals surface area (Å²) in [6.45, 7) is 2.13. The lowest BCUT2D eigenvalue weighted by molar-refractivity contribution is 0.0698. The summed E-state index contributed by atoms with van der Waals surface area (Å²) in [6.07, 6.45) is 1.94. The van der Waals surface area contributed by atoms with Crippen LogP contribution in [0.4, 0.5) is 0 Å². The number of carboxylic acid groups (broad SMARTS) is 1. The largest absolute Gasteiger partial charge is 0.478 e. The Hall–Kier alpha value is -1.66. The number of carboxylic acids is 1. The predicted molar refractivity (Wildman–Crippen MR) is 80.6 cm³/mol. The Kier molecular flexibility index (Phi) is 4.70. The zero-order valence-corrected chi connectivity index (χ0v) is 11.8. The fraction of sp³-hybridized carbons (Fsp3) is 0.188. The van der Waals surface area contributed by atoms with Gasteiger partial charge in [0.25, 0.3) is 0 Å². The van der Waals surface area contributed by atoms with Gasteiger partial charge in [0.2, 0.25) is 0 Å². The summed E-state index contributed by atoms with van der Waals surface area (Å²) in [5.74, 6) is -0.829. The molecule has 0 aliphatic rings. The number of rotatable bonds is 5. The van der Waals surface area contributed by atoms with Gasteiger partial charge in [0.05, 0.1) is 5.56 Å². The van der Waals surface area contributed by atoms with Crippen molar-refractivity contribution in [1.29, 1.82) is 0 Å². The second-order valence-corrected chi connectivity index (χ2v) is 6.83. The molecule has 0 aromatic heterocycles. The van der Waals surface area contributed by atoms with Crippen molar-refractivity contribution in [2.24, 2.45) is 0 Å². The third-order valence-corrected chi connectivity index (χ3v) is 5.65. The van der Waals surface area contributed by atoms with Crippen molar-refractivity contribution in [1.82, 2.24) is 0 Å². The van der Waals surface area contributed by atoms with E-state index >= 15 is 0 Å². The molecule has 0 amide bonds. The van der Waals surface area contributed by atoms with Crippen molar-refractivity contribution in [2.45, 2.75) is 13.1 Å². The molecule has 2 nitrogen and oxygen atoms in total. The maximum absolute atomic E-state index is 11.3. The maximum atomic E-state index is 11.3. The highest BCUT2D eigenvalue weighted by Crippen LogP contribution is 2.39. The molecule has 19 heavy (non-hydrogen) atoms. The molecule has 0 bridgehead atoms. The predicted octanol–water partition coefficient (Wildman–Crippen LogP) is 3.71. The molecule has 0 saturated carbocycles. The molecule has 3 heteroatoms. The molecule has 0 saturated heterocycles. The van der Waals surface area contributed by atoms with E-state index < -0.39 is 13.9 Å². The van der Waals surface area contributed by atoms with Gasteiger partial charge in [0.1, 0.15) is 0 Å². The number of carbonyl (C=O) groups is 1. The number of benzene rings is 2. The van der Waals surface area contributed by atoms with Crippen LogP contribution < -0.4 is 5.30 Å². The minimum Gasteiger partial charge on any atom is -0.478 e. The number of aromatic carboxylic acids is 1. The topological polar surface area (TPSA) is 37.3 Å². The molecular weight excluding hydrogens is 255 g/mol. The van der Waals surface area contributed by atoms with E-state index in [2.05, 4.69) is 19.1 Å². The normalized spacial score (nSPS) is 12.1. The lowest BCUT2D eigenvalue weighted by Gasteiger charge is -2.18. The van der Waals surface area contributed by atoms with Crippen molar-refractivity contribution in [2.75, 3.05) is 6.16 Å². The van der Waals surface area contributed by atoms with Gasteiger partial charge >= 0.3 is 5.97 Å². The van der Waals surface area contributed by atoms with E-state index in [0.29, 0.717) is 5.56 Å². The van der Waals surface area contributed by atoms with E-state index in [9.17, 15) is 9.90 Å². The van der Waals surface area contributed by atoms with E-state index in [1.165, 1.54) is 5.56 Å². The van der Waals surface area contributed by atoms with E-state index in [1.807, 2.05) is 30.3 Å². The monoisotopic (exact) mass is 272 g/mol. The van der Waals surface area contributed by atoms with E-state index in [1.54, 1.807) is 12.1 Å². The first kappa shape index (κ1) is 13.8. The Balaban J connectivity index is 2.30. The van der Waals surface area contributed by atoms with Crippen LogP contribution in [-0.2, 0) is 6.16 Å². The highest BCUT2D eigenvalue weighted by Gasteiger charge is 2.17. The van der Waals surface area contributed by atoms with Gasteiger partial charge in [-0.25, -0.2) is 4.79 Å². The first-order chi connectivity index (χ1) is 9.22. The third kappa shape index (κ3) is 3.42. The van der Waals surface area contributed by atoms with Gasteiger partial charge in [-0.05, 0) is 29.3 Å². The average molecular weight is 272 g/mol. The van der Waals surface area contributed by atoms with Crippen molar-refractivity contribution < 1.29 is 9.90 Å². The first-order valence-corrected chi connectivity index (χ1v) is 8.04. The first-order valence-electron chi connectivity index (χ1n) is 6.33.